The molecule has 0 aromatic heterocycles. The first-order chi connectivity index (χ1) is 12.3. The lowest BCUT2D eigenvalue weighted by atomic mass is 10.1. The van der Waals surface area contributed by atoms with Crippen LogP contribution in [0.1, 0.15) is 24.0 Å². The number of alkyl halides is 3. The number of halogens is 4. The molecule has 1 amide bonds. The first-order valence-corrected chi connectivity index (χ1v) is 9.07. The van der Waals surface area contributed by atoms with E-state index in [0.29, 0.717) is 5.69 Å². The Kier molecular flexibility index (Phi) is 5.67. The molecular formula is C19H18BrF3N2O. The van der Waals surface area contributed by atoms with E-state index in [-0.39, 0.29) is 30.6 Å². The first kappa shape index (κ1) is 18.9. The molecule has 26 heavy (non-hydrogen) atoms. The number of nitrogens with one attached hydrogen (secondary N) is 1. The highest BCUT2D eigenvalue weighted by Crippen LogP contribution is 2.34. The van der Waals surface area contributed by atoms with Gasteiger partial charge < -0.3 is 5.32 Å². The van der Waals surface area contributed by atoms with E-state index in [4.69, 9.17) is 0 Å². The summed E-state index contributed by atoms with van der Waals surface area (Å²) < 4.78 is 40.4. The van der Waals surface area contributed by atoms with Crippen molar-refractivity contribution < 1.29 is 18.0 Å². The van der Waals surface area contributed by atoms with Gasteiger partial charge in [-0.25, -0.2) is 0 Å². The van der Waals surface area contributed by atoms with Crippen LogP contribution in [0.2, 0.25) is 0 Å². The molecule has 3 nitrogen and oxygen atoms in total. The maximum absolute atomic E-state index is 13.2. The topological polar surface area (TPSA) is 32.3 Å². The van der Waals surface area contributed by atoms with Gasteiger partial charge in [0.1, 0.15) is 0 Å². The van der Waals surface area contributed by atoms with Gasteiger partial charge in [0.15, 0.2) is 0 Å². The minimum absolute atomic E-state index is 0.0538. The van der Waals surface area contributed by atoms with Crippen LogP contribution in [0.25, 0.3) is 0 Å². The van der Waals surface area contributed by atoms with E-state index in [1.807, 2.05) is 17.0 Å². The zero-order chi connectivity index (χ0) is 18.7. The van der Waals surface area contributed by atoms with Gasteiger partial charge in [0.25, 0.3) is 0 Å². The van der Waals surface area contributed by atoms with Crippen LogP contribution in [-0.2, 0) is 17.5 Å². The van der Waals surface area contributed by atoms with Crippen molar-refractivity contribution in [3.8, 4) is 0 Å². The van der Waals surface area contributed by atoms with Crippen LogP contribution < -0.4 is 5.32 Å². The molecule has 138 valence electrons. The minimum Gasteiger partial charge on any atom is -0.324 e. The molecule has 0 unspecified atom stereocenters. The number of hydrogen-bond acceptors (Lipinski definition) is 2. The monoisotopic (exact) mass is 426 g/mol. The molecule has 1 aliphatic rings. The van der Waals surface area contributed by atoms with Gasteiger partial charge >= 0.3 is 6.18 Å². The maximum Gasteiger partial charge on any atom is 0.416 e. The third-order valence-electron chi connectivity index (χ3n) is 4.25. The molecule has 3 rings (SSSR count). The van der Waals surface area contributed by atoms with Gasteiger partial charge in [-0.15, -0.1) is 0 Å². The van der Waals surface area contributed by atoms with E-state index in [1.165, 1.54) is 12.1 Å². The van der Waals surface area contributed by atoms with Gasteiger partial charge in [0, 0.05) is 17.1 Å². The maximum atomic E-state index is 13.2. The molecule has 0 aliphatic heterocycles. The molecule has 1 saturated carbocycles. The van der Waals surface area contributed by atoms with E-state index < -0.39 is 11.7 Å². The Morgan fingerprint density at radius 2 is 1.77 bits per heavy atom. The molecule has 0 radical (unpaired) electrons. The lowest BCUT2D eigenvalue weighted by Crippen LogP contribution is -2.35. The van der Waals surface area contributed by atoms with Gasteiger partial charge in [0.2, 0.25) is 5.91 Å². The van der Waals surface area contributed by atoms with Crippen molar-refractivity contribution >= 4 is 27.5 Å². The summed E-state index contributed by atoms with van der Waals surface area (Å²) in [6.45, 7) is 0.155. The number of para-hydroxylation sites is 1. The average molecular weight is 427 g/mol. The molecule has 7 heteroatoms. The van der Waals surface area contributed by atoms with E-state index in [2.05, 4.69) is 21.2 Å². The van der Waals surface area contributed by atoms with Crippen LogP contribution in [0.15, 0.2) is 53.0 Å². The summed E-state index contributed by atoms with van der Waals surface area (Å²) in [6, 6.07) is 12.9. The molecule has 2 aromatic rings. The largest absolute Gasteiger partial charge is 0.416 e. The SMILES string of the molecule is O=C(CN(Cc1ccccc1C(F)(F)F)C1CC1)Nc1ccccc1Br. The molecule has 2 aromatic carbocycles. The summed E-state index contributed by atoms with van der Waals surface area (Å²) >= 11 is 3.36. The fourth-order valence-corrected chi connectivity index (χ4v) is 3.23. The number of nitrogens with zero attached hydrogens (tertiary/aromatic N) is 1. The standard InChI is InChI=1S/C19H18BrF3N2O/c20-16-7-3-4-8-17(16)24-18(26)12-25(14-9-10-14)11-13-5-1-2-6-15(13)19(21,22)23/h1-8,14H,9-12H2,(H,24,26). The van der Waals surface area contributed by atoms with Crippen molar-refractivity contribution in [3.05, 3.63) is 64.1 Å². The normalized spacial score (nSPS) is 14.5. The zero-order valence-corrected chi connectivity index (χ0v) is 15.5. The van der Waals surface area contributed by atoms with Gasteiger partial charge in [-0.2, -0.15) is 13.2 Å². The Labute approximate surface area is 158 Å². The third kappa shape index (κ3) is 4.86. The average Bonchev–Trinajstić information content (AvgIpc) is 3.41. The highest BCUT2D eigenvalue weighted by Gasteiger charge is 2.35. The van der Waals surface area contributed by atoms with Crippen molar-refractivity contribution in [2.24, 2.45) is 0 Å². The van der Waals surface area contributed by atoms with Gasteiger partial charge in [0.05, 0.1) is 17.8 Å². The fourth-order valence-electron chi connectivity index (χ4n) is 2.84. The molecular weight excluding hydrogens is 409 g/mol. The fraction of sp³-hybridized carbons (Fsp3) is 0.316. The quantitative estimate of drug-likeness (QED) is 0.698. The minimum atomic E-state index is -4.40. The predicted molar refractivity (Wildman–Crippen MR) is 97.6 cm³/mol. The smallest absolute Gasteiger partial charge is 0.324 e. The number of rotatable bonds is 6. The van der Waals surface area contributed by atoms with Crippen molar-refractivity contribution in [1.29, 1.82) is 0 Å². The second-order valence-corrected chi connectivity index (χ2v) is 7.17. The Morgan fingerprint density at radius 3 is 2.42 bits per heavy atom. The van der Waals surface area contributed by atoms with Crippen LogP contribution in [-0.4, -0.2) is 23.4 Å². The van der Waals surface area contributed by atoms with Crippen LogP contribution in [0.3, 0.4) is 0 Å². The second-order valence-electron chi connectivity index (χ2n) is 6.32. The summed E-state index contributed by atoms with van der Waals surface area (Å²) in [7, 11) is 0. The van der Waals surface area contributed by atoms with Crippen LogP contribution >= 0.6 is 15.9 Å². The number of benzene rings is 2. The molecule has 0 saturated heterocycles. The van der Waals surface area contributed by atoms with Gasteiger partial charge in [-0.1, -0.05) is 30.3 Å². The number of hydrogen-bond donors (Lipinski definition) is 1. The third-order valence-corrected chi connectivity index (χ3v) is 4.95. The summed E-state index contributed by atoms with van der Waals surface area (Å²) in [6.07, 6.45) is -2.60. The zero-order valence-electron chi connectivity index (χ0n) is 13.9. The van der Waals surface area contributed by atoms with Crippen molar-refractivity contribution in [2.45, 2.75) is 31.6 Å². The highest BCUT2D eigenvalue weighted by molar-refractivity contribution is 9.10. The Morgan fingerprint density at radius 1 is 1.12 bits per heavy atom. The van der Waals surface area contributed by atoms with Crippen LogP contribution in [0.4, 0.5) is 18.9 Å². The molecule has 0 bridgehead atoms. The van der Waals surface area contributed by atoms with Crippen LogP contribution in [0.5, 0.6) is 0 Å². The summed E-state index contributed by atoms with van der Waals surface area (Å²) in [5.41, 5.74) is 0.196. The number of anilines is 1. The molecule has 0 heterocycles. The lowest BCUT2D eigenvalue weighted by molar-refractivity contribution is -0.138. The first-order valence-electron chi connectivity index (χ1n) is 8.28. The van der Waals surface area contributed by atoms with E-state index in [1.54, 1.807) is 18.2 Å². The van der Waals surface area contributed by atoms with E-state index in [9.17, 15) is 18.0 Å². The summed E-state index contributed by atoms with van der Waals surface area (Å²) in [5.74, 6) is -0.242. The van der Waals surface area contributed by atoms with E-state index >= 15 is 0 Å². The van der Waals surface area contributed by atoms with E-state index in [0.717, 1.165) is 23.4 Å². The van der Waals surface area contributed by atoms with Gasteiger partial charge in [-0.05, 0) is 52.5 Å². The number of amides is 1. The number of carbonyl (C=O) groups is 1. The molecule has 1 N–H and O–H groups in total. The Hall–Kier alpha value is -1.86. The Balaban J connectivity index is 1.71. The van der Waals surface area contributed by atoms with Crippen molar-refractivity contribution in [1.82, 2.24) is 4.90 Å². The second kappa shape index (κ2) is 7.80. The predicted octanol–water partition coefficient (Wildman–Crippen LogP) is 5.07. The van der Waals surface area contributed by atoms with Gasteiger partial charge in [-0.3, -0.25) is 9.69 Å². The molecule has 1 aliphatic carbocycles. The molecule has 0 atom stereocenters. The summed E-state index contributed by atoms with van der Waals surface area (Å²) in [4.78, 5) is 14.2. The molecule has 1 fully saturated rings. The highest BCUT2D eigenvalue weighted by atomic mass is 79.9. The molecule has 0 spiro atoms. The Bertz CT molecular complexity index is 790. The number of carbonyl (C=O) groups excluding carboxylic acids is 1. The van der Waals surface area contributed by atoms with Crippen LogP contribution in [0, 0.1) is 0 Å². The van der Waals surface area contributed by atoms with Crippen molar-refractivity contribution in [2.75, 3.05) is 11.9 Å². The lowest BCUT2D eigenvalue weighted by Gasteiger charge is -2.23. The summed E-state index contributed by atoms with van der Waals surface area (Å²) in [5, 5.41) is 2.80. The van der Waals surface area contributed by atoms with Crippen molar-refractivity contribution in [3.63, 3.8) is 0 Å².